The van der Waals surface area contributed by atoms with Crippen LogP contribution in [0, 0.1) is 17.3 Å². The van der Waals surface area contributed by atoms with Gasteiger partial charge in [0.15, 0.2) is 6.61 Å². The molecule has 5 amide bonds. The molecule has 6 rings (SSSR count). The number of fused-ring (bicyclic) bond motifs is 5. The number of rotatable bonds is 17. The molecular formula is C45H55N5O10. The number of phenolic OH excluding ortho intramolecular Hbond substituents is 1. The fraction of sp³-hybridized carbons (Fsp3) is 0.467. The molecule has 320 valence electrons. The quantitative estimate of drug-likeness (QED) is 0.0982. The summed E-state index contributed by atoms with van der Waals surface area (Å²) in [7, 11) is 1.18. The first-order valence-corrected chi connectivity index (χ1v) is 20.6. The topological polar surface area (TPSA) is 221 Å². The summed E-state index contributed by atoms with van der Waals surface area (Å²) in [6, 6.07) is 18.9. The molecule has 2 fully saturated rings. The molecule has 0 spiro atoms. The Kier molecular flexibility index (Phi) is 14.4. The van der Waals surface area contributed by atoms with Gasteiger partial charge in [0.25, 0.3) is 5.91 Å². The smallest absolute Gasteiger partial charge is 0.325 e. The van der Waals surface area contributed by atoms with Crippen molar-refractivity contribution in [3.63, 3.8) is 0 Å². The van der Waals surface area contributed by atoms with Crippen molar-refractivity contribution in [3.8, 4) is 11.5 Å². The third kappa shape index (κ3) is 11.0. The highest BCUT2D eigenvalue weighted by atomic mass is 16.5. The Hall–Kier alpha value is -5.96. The number of aliphatic hydroxyl groups is 1. The Morgan fingerprint density at radius 1 is 0.750 bits per heavy atom. The standard InChI is InChI=1S/C45H55N5O10/c1-45-19-18-33-32-15-13-31(22-29(32)10-14-34(33)35(45)16-17-38(45)52)60-26-41(55)50-37(21-28-8-11-30(51)12-9-28)43(57)47-23-39(53)46-24-40(54)49-36(20-27-6-4-3-5-7-27)44(58)48-25-42(56)59-2/h3-9,11-13,15,22,33-38,51-52H,10,14,16-21,23-26H2,1-2H3,(H,46,53)(H,47,57)(H,48,58)(H,49,54)(H,50,55)/t33-,34-,35+,36+,37+,38?,45+/m1/s1. The Morgan fingerprint density at radius 2 is 1.40 bits per heavy atom. The zero-order valence-electron chi connectivity index (χ0n) is 34.0. The van der Waals surface area contributed by atoms with Crippen LogP contribution in [0.4, 0.5) is 0 Å². The summed E-state index contributed by atoms with van der Waals surface area (Å²) < 4.78 is 10.5. The maximum absolute atomic E-state index is 13.4. The highest BCUT2D eigenvalue weighted by Gasteiger charge is 2.54. The fourth-order valence-electron chi connectivity index (χ4n) is 9.27. The van der Waals surface area contributed by atoms with Gasteiger partial charge in [-0.15, -0.1) is 0 Å². The van der Waals surface area contributed by atoms with Gasteiger partial charge in [-0.05, 0) is 108 Å². The van der Waals surface area contributed by atoms with Crippen LogP contribution in [0.5, 0.6) is 11.5 Å². The van der Waals surface area contributed by atoms with E-state index in [2.05, 4.69) is 44.3 Å². The molecule has 0 saturated heterocycles. The second-order valence-electron chi connectivity index (χ2n) is 16.3. The number of phenols is 1. The van der Waals surface area contributed by atoms with E-state index in [0.717, 1.165) is 44.1 Å². The summed E-state index contributed by atoms with van der Waals surface area (Å²) >= 11 is 0. The number of benzene rings is 3. The number of aryl methyl sites for hydroxylation is 1. The van der Waals surface area contributed by atoms with Crippen LogP contribution in [-0.2, 0) is 52.8 Å². The molecule has 2 saturated carbocycles. The van der Waals surface area contributed by atoms with Crippen molar-refractivity contribution in [2.24, 2.45) is 17.3 Å². The van der Waals surface area contributed by atoms with Crippen LogP contribution < -0.4 is 31.3 Å². The molecule has 0 bridgehead atoms. The number of aliphatic hydroxyl groups excluding tert-OH is 1. The number of hydrogen-bond acceptors (Lipinski definition) is 10. The molecule has 7 N–H and O–H groups in total. The Bertz CT molecular complexity index is 2030. The summed E-state index contributed by atoms with van der Waals surface area (Å²) in [5, 5.41) is 33.1. The van der Waals surface area contributed by atoms with E-state index in [0.29, 0.717) is 29.1 Å². The van der Waals surface area contributed by atoms with Gasteiger partial charge in [0.05, 0.1) is 26.3 Å². The van der Waals surface area contributed by atoms with Gasteiger partial charge < -0.3 is 46.3 Å². The van der Waals surface area contributed by atoms with Crippen LogP contribution >= 0.6 is 0 Å². The van der Waals surface area contributed by atoms with Crippen LogP contribution in [0.2, 0.25) is 0 Å². The van der Waals surface area contributed by atoms with E-state index in [-0.39, 0.29) is 36.7 Å². The van der Waals surface area contributed by atoms with Crippen LogP contribution in [0.25, 0.3) is 0 Å². The summed E-state index contributed by atoms with van der Waals surface area (Å²) in [6.45, 7) is 0.482. The second-order valence-corrected chi connectivity index (χ2v) is 16.3. The van der Waals surface area contributed by atoms with Gasteiger partial charge in [-0.25, -0.2) is 0 Å². The van der Waals surface area contributed by atoms with Crippen molar-refractivity contribution in [2.45, 2.75) is 82.4 Å². The number of ether oxygens (including phenoxy) is 2. The lowest BCUT2D eigenvalue weighted by atomic mass is 9.55. The summed E-state index contributed by atoms with van der Waals surface area (Å²) in [5.41, 5.74) is 3.93. The van der Waals surface area contributed by atoms with E-state index in [1.54, 1.807) is 42.5 Å². The van der Waals surface area contributed by atoms with Gasteiger partial charge in [-0.2, -0.15) is 0 Å². The lowest BCUT2D eigenvalue weighted by molar-refractivity contribution is -0.141. The fourth-order valence-corrected chi connectivity index (χ4v) is 9.27. The number of esters is 1. The first-order chi connectivity index (χ1) is 28.8. The van der Waals surface area contributed by atoms with E-state index in [1.807, 2.05) is 12.1 Å². The normalized spacial score (nSPS) is 22.3. The van der Waals surface area contributed by atoms with Crippen molar-refractivity contribution in [1.29, 1.82) is 0 Å². The number of carbonyl (C=O) groups excluding carboxylic acids is 6. The van der Waals surface area contributed by atoms with Gasteiger partial charge in [0, 0.05) is 12.8 Å². The molecule has 15 nitrogen and oxygen atoms in total. The highest BCUT2D eigenvalue weighted by molar-refractivity contribution is 5.93. The first-order valence-electron chi connectivity index (χ1n) is 20.6. The number of carbonyl (C=O) groups is 6. The Balaban J connectivity index is 1.00. The van der Waals surface area contributed by atoms with E-state index >= 15 is 0 Å². The molecule has 1 unspecified atom stereocenters. The third-order valence-corrected chi connectivity index (χ3v) is 12.5. The van der Waals surface area contributed by atoms with Gasteiger partial charge in [0.2, 0.25) is 23.6 Å². The molecule has 3 aromatic carbocycles. The van der Waals surface area contributed by atoms with Crippen LogP contribution in [0.1, 0.15) is 67.2 Å². The van der Waals surface area contributed by atoms with Crippen LogP contribution in [0.3, 0.4) is 0 Å². The van der Waals surface area contributed by atoms with Crippen molar-refractivity contribution in [1.82, 2.24) is 26.6 Å². The SMILES string of the molecule is COC(=O)CNC(=O)[C@H](Cc1ccccc1)NC(=O)CNC(=O)CNC(=O)[C@H](Cc1ccc(O)cc1)NC(=O)COc1ccc2c(c1)CC[C@@H]1[C@@H]2CC[C@]2(C)C(O)CC[C@@H]12. The summed E-state index contributed by atoms with van der Waals surface area (Å²) in [6.07, 6.45) is 5.90. The zero-order chi connectivity index (χ0) is 42.8. The Labute approximate surface area is 349 Å². The molecule has 0 aliphatic heterocycles. The molecule has 3 aromatic rings. The molecule has 15 heteroatoms. The molecule has 0 aromatic heterocycles. The maximum Gasteiger partial charge on any atom is 0.325 e. The van der Waals surface area contributed by atoms with Crippen molar-refractivity contribution in [3.05, 3.63) is 95.1 Å². The predicted molar refractivity (Wildman–Crippen MR) is 219 cm³/mol. The van der Waals surface area contributed by atoms with Crippen LogP contribution in [-0.4, -0.2) is 97.3 Å². The maximum atomic E-state index is 13.4. The molecule has 3 aliphatic rings. The van der Waals surface area contributed by atoms with Crippen molar-refractivity contribution in [2.75, 3.05) is 33.4 Å². The van der Waals surface area contributed by atoms with Crippen LogP contribution in [0.15, 0.2) is 72.8 Å². The lowest BCUT2D eigenvalue weighted by Gasteiger charge is -2.50. The third-order valence-electron chi connectivity index (χ3n) is 12.5. The molecule has 7 atom stereocenters. The summed E-state index contributed by atoms with van der Waals surface area (Å²) in [4.78, 5) is 76.6. The number of nitrogens with one attached hydrogen (secondary N) is 5. The first kappa shape index (κ1) is 43.6. The van der Waals surface area contributed by atoms with E-state index < -0.39 is 67.2 Å². The largest absolute Gasteiger partial charge is 0.508 e. The Morgan fingerprint density at radius 3 is 2.10 bits per heavy atom. The minimum atomic E-state index is -1.12. The minimum absolute atomic E-state index is 0.00172. The average Bonchev–Trinajstić information content (AvgIpc) is 3.56. The van der Waals surface area contributed by atoms with Gasteiger partial charge in [0.1, 0.15) is 30.1 Å². The number of hydrogen-bond donors (Lipinski definition) is 7. The molecule has 0 heterocycles. The van der Waals surface area contributed by atoms with E-state index in [1.165, 1.54) is 30.4 Å². The van der Waals surface area contributed by atoms with E-state index in [9.17, 15) is 39.0 Å². The highest BCUT2D eigenvalue weighted by Crippen LogP contribution is 2.61. The second kappa shape index (κ2) is 19.9. The molecule has 60 heavy (non-hydrogen) atoms. The van der Waals surface area contributed by atoms with Gasteiger partial charge in [-0.3, -0.25) is 28.8 Å². The lowest BCUT2D eigenvalue weighted by Crippen LogP contribution is -2.53. The van der Waals surface area contributed by atoms with Crippen molar-refractivity contribution >= 4 is 35.5 Å². The average molecular weight is 826 g/mol. The zero-order valence-corrected chi connectivity index (χ0v) is 34.0. The predicted octanol–water partition coefficient (Wildman–Crippen LogP) is 1.96. The number of aromatic hydroxyl groups is 1. The van der Waals surface area contributed by atoms with Gasteiger partial charge >= 0.3 is 5.97 Å². The van der Waals surface area contributed by atoms with Gasteiger partial charge in [-0.1, -0.05) is 55.5 Å². The monoisotopic (exact) mass is 825 g/mol. The van der Waals surface area contributed by atoms with E-state index in [4.69, 9.17) is 4.74 Å². The molecule has 3 aliphatic carbocycles. The molecular weight excluding hydrogens is 771 g/mol. The summed E-state index contributed by atoms with van der Waals surface area (Å²) in [5.74, 6) is -1.78. The van der Waals surface area contributed by atoms with Crippen molar-refractivity contribution < 1.29 is 48.5 Å². The minimum Gasteiger partial charge on any atom is -0.508 e. The number of methoxy groups -OCH3 is 1. The number of amides is 5. The molecule has 0 radical (unpaired) electrons.